The number of rotatable bonds is 4. The van der Waals surface area contributed by atoms with Crippen LogP contribution in [-0.2, 0) is 9.53 Å². The number of carboxylic acid groups (broad SMARTS) is 1. The summed E-state index contributed by atoms with van der Waals surface area (Å²) in [6.07, 6.45) is 2.18. The van der Waals surface area contributed by atoms with Crippen LogP contribution in [-0.4, -0.2) is 40.5 Å². The fraction of sp³-hybridized carbons (Fsp3) is 0.727. The van der Waals surface area contributed by atoms with Gasteiger partial charge in [0.15, 0.2) is 0 Å². The van der Waals surface area contributed by atoms with Gasteiger partial charge in [-0.1, -0.05) is 0 Å². The van der Waals surface area contributed by atoms with E-state index in [1.165, 1.54) is 0 Å². The SMILES string of the molecule is CC(C)(C)OC(=O)N(CC1CC1)/N=C/C(=O)O. The third-order valence-electron chi connectivity index (χ3n) is 2.04. The Bertz CT molecular complexity index is 329. The topological polar surface area (TPSA) is 79.2 Å². The molecule has 1 fully saturated rings. The predicted octanol–water partition coefficient (Wildman–Crippen LogP) is 1.70. The highest BCUT2D eigenvalue weighted by Crippen LogP contribution is 2.30. The van der Waals surface area contributed by atoms with Crippen LogP contribution in [0.15, 0.2) is 5.10 Å². The minimum Gasteiger partial charge on any atom is -0.477 e. The van der Waals surface area contributed by atoms with Crippen molar-refractivity contribution in [1.82, 2.24) is 5.01 Å². The van der Waals surface area contributed by atoms with E-state index in [2.05, 4.69) is 5.10 Å². The van der Waals surface area contributed by atoms with E-state index in [-0.39, 0.29) is 0 Å². The van der Waals surface area contributed by atoms with Crippen LogP contribution in [0.25, 0.3) is 0 Å². The third-order valence-corrected chi connectivity index (χ3v) is 2.04. The monoisotopic (exact) mass is 242 g/mol. The van der Waals surface area contributed by atoms with Gasteiger partial charge < -0.3 is 9.84 Å². The van der Waals surface area contributed by atoms with Gasteiger partial charge in [0, 0.05) is 0 Å². The highest BCUT2D eigenvalue weighted by molar-refractivity contribution is 6.22. The molecule has 0 aromatic carbocycles. The molecule has 0 aromatic heterocycles. The summed E-state index contributed by atoms with van der Waals surface area (Å²) in [5, 5.41) is 13.2. The number of ether oxygens (including phenoxy) is 1. The van der Waals surface area contributed by atoms with Crippen molar-refractivity contribution in [2.45, 2.75) is 39.2 Å². The van der Waals surface area contributed by atoms with E-state index in [9.17, 15) is 9.59 Å². The van der Waals surface area contributed by atoms with Gasteiger partial charge in [-0.05, 0) is 39.5 Å². The molecule has 6 heteroatoms. The number of hydrogen-bond acceptors (Lipinski definition) is 4. The fourth-order valence-electron chi connectivity index (χ4n) is 1.15. The molecule has 6 nitrogen and oxygen atoms in total. The van der Waals surface area contributed by atoms with E-state index in [0.29, 0.717) is 18.7 Å². The molecule has 1 amide bonds. The standard InChI is InChI=1S/C11H18N2O4/c1-11(2,3)17-10(16)13(7-8-4-5-8)12-6-9(14)15/h6,8H,4-5,7H2,1-3H3,(H,14,15)/b12-6+. The number of carboxylic acids is 1. The summed E-state index contributed by atoms with van der Waals surface area (Å²) < 4.78 is 5.14. The van der Waals surface area contributed by atoms with Gasteiger partial charge in [0.2, 0.25) is 0 Å². The molecule has 17 heavy (non-hydrogen) atoms. The highest BCUT2D eigenvalue weighted by atomic mass is 16.6. The molecule has 0 atom stereocenters. The zero-order chi connectivity index (χ0) is 13.1. The molecule has 1 N–H and O–H groups in total. The van der Waals surface area contributed by atoms with Crippen molar-refractivity contribution in [3.8, 4) is 0 Å². The van der Waals surface area contributed by atoms with Crippen molar-refractivity contribution in [2.75, 3.05) is 6.54 Å². The van der Waals surface area contributed by atoms with Gasteiger partial charge in [0.1, 0.15) is 11.8 Å². The number of hydrazone groups is 1. The molecule has 1 aliphatic rings. The normalized spacial score (nSPS) is 15.9. The first kappa shape index (κ1) is 13.5. The number of hydrogen-bond donors (Lipinski definition) is 1. The van der Waals surface area contributed by atoms with Gasteiger partial charge in [-0.25, -0.2) is 9.59 Å². The van der Waals surface area contributed by atoms with E-state index in [0.717, 1.165) is 17.9 Å². The predicted molar refractivity (Wildman–Crippen MR) is 61.8 cm³/mol. The summed E-state index contributed by atoms with van der Waals surface area (Å²) in [6, 6.07) is 0. The van der Waals surface area contributed by atoms with Gasteiger partial charge in [0.05, 0.1) is 6.54 Å². The lowest BCUT2D eigenvalue weighted by Gasteiger charge is -2.24. The Labute approximate surface area is 100 Å². The van der Waals surface area contributed by atoms with Crippen LogP contribution in [0.4, 0.5) is 4.79 Å². The number of carbonyl (C=O) groups excluding carboxylic acids is 1. The van der Waals surface area contributed by atoms with Crippen LogP contribution < -0.4 is 0 Å². The van der Waals surface area contributed by atoms with E-state index in [4.69, 9.17) is 9.84 Å². The Hall–Kier alpha value is -1.59. The van der Waals surface area contributed by atoms with Gasteiger partial charge >= 0.3 is 12.1 Å². The molecule has 96 valence electrons. The molecule has 0 saturated heterocycles. The number of nitrogens with zero attached hydrogens (tertiary/aromatic N) is 2. The second-order valence-corrected chi connectivity index (χ2v) is 5.09. The molecule has 0 heterocycles. The largest absolute Gasteiger partial charge is 0.477 e. The van der Waals surface area contributed by atoms with Crippen LogP contribution in [0.3, 0.4) is 0 Å². The Kier molecular flexibility index (Phi) is 4.09. The first-order chi connectivity index (χ1) is 7.78. The Balaban J connectivity index is 2.60. The minimum absolute atomic E-state index is 0.411. The zero-order valence-corrected chi connectivity index (χ0v) is 10.3. The molecule has 0 radical (unpaired) electrons. The number of amides is 1. The average Bonchev–Trinajstić information content (AvgIpc) is 2.92. The Morgan fingerprint density at radius 3 is 2.47 bits per heavy atom. The summed E-state index contributed by atoms with van der Waals surface area (Å²) in [4.78, 5) is 22.1. The number of carbonyl (C=O) groups is 2. The fourth-order valence-corrected chi connectivity index (χ4v) is 1.15. The lowest BCUT2D eigenvalue weighted by atomic mass is 10.2. The quantitative estimate of drug-likeness (QED) is 0.601. The van der Waals surface area contributed by atoms with Gasteiger partial charge in [0.25, 0.3) is 0 Å². The molecule has 1 rings (SSSR count). The second kappa shape index (κ2) is 5.16. The van der Waals surface area contributed by atoms with E-state index in [1.54, 1.807) is 20.8 Å². The lowest BCUT2D eigenvalue weighted by molar-refractivity contribution is -0.128. The van der Waals surface area contributed by atoms with E-state index >= 15 is 0 Å². The van der Waals surface area contributed by atoms with Crippen LogP contribution in [0.5, 0.6) is 0 Å². The van der Waals surface area contributed by atoms with Crippen LogP contribution >= 0.6 is 0 Å². The molecular weight excluding hydrogens is 224 g/mol. The maximum absolute atomic E-state index is 11.7. The summed E-state index contributed by atoms with van der Waals surface area (Å²) in [5.41, 5.74) is -0.613. The van der Waals surface area contributed by atoms with Gasteiger partial charge in [-0.15, -0.1) is 0 Å². The van der Waals surface area contributed by atoms with Crippen LogP contribution in [0.2, 0.25) is 0 Å². The average molecular weight is 242 g/mol. The van der Waals surface area contributed by atoms with Crippen molar-refractivity contribution in [2.24, 2.45) is 11.0 Å². The lowest BCUT2D eigenvalue weighted by Crippen LogP contribution is -2.35. The van der Waals surface area contributed by atoms with Gasteiger partial charge in [-0.2, -0.15) is 10.1 Å². The maximum Gasteiger partial charge on any atom is 0.430 e. The molecular formula is C11H18N2O4. The van der Waals surface area contributed by atoms with Crippen molar-refractivity contribution >= 4 is 18.3 Å². The zero-order valence-electron chi connectivity index (χ0n) is 10.3. The Morgan fingerprint density at radius 1 is 1.47 bits per heavy atom. The molecule has 0 bridgehead atoms. The van der Waals surface area contributed by atoms with Crippen molar-refractivity contribution in [1.29, 1.82) is 0 Å². The molecule has 1 saturated carbocycles. The first-order valence-corrected chi connectivity index (χ1v) is 5.55. The van der Waals surface area contributed by atoms with Crippen molar-refractivity contribution in [3.63, 3.8) is 0 Å². The van der Waals surface area contributed by atoms with E-state index in [1.807, 2.05) is 0 Å². The molecule has 0 unspecified atom stereocenters. The summed E-state index contributed by atoms with van der Waals surface area (Å²) in [5.74, 6) is -0.775. The highest BCUT2D eigenvalue weighted by Gasteiger charge is 2.29. The Morgan fingerprint density at radius 2 is 2.06 bits per heavy atom. The summed E-state index contributed by atoms with van der Waals surface area (Å²) in [6.45, 7) is 5.67. The molecule has 0 aliphatic heterocycles. The first-order valence-electron chi connectivity index (χ1n) is 5.55. The maximum atomic E-state index is 11.7. The van der Waals surface area contributed by atoms with E-state index < -0.39 is 17.7 Å². The van der Waals surface area contributed by atoms with Crippen LogP contribution in [0.1, 0.15) is 33.6 Å². The molecule has 1 aliphatic carbocycles. The smallest absolute Gasteiger partial charge is 0.430 e. The second-order valence-electron chi connectivity index (χ2n) is 5.09. The number of aliphatic carboxylic acids is 1. The summed E-state index contributed by atoms with van der Waals surface area (Å²) in [7, 11) is 0. The van der Waals surface area contributed by atoms with Crippen molar-refractivity contribution < 1.29 is 19.4 Å². The minimum atomic E-state index is -1.19. The molecule has 0 spiro atoms. The summed E-state index contributed by atoms with van der Waals surface area (Å²) >= 11 is 0. The third kappa shape index (κ3) is 5.89. The van der Waals surface area contributed by atoms with Crippen LogP contribution in [0, 0.1) is 5.92 Å². The van der Waals surface area contributed by atoms with Gasteiger partial charge in [-0.3, -0.25) is 0 Å². The van der Waals surface area contributed by atoms with Crippen molar-refractivity contribution in [3.05, 3.63) is 0 Å². The molecule has 0 aromatic rings.